The van der Waals surface area contributed by atoms with Crippen molar-refractivity contribution in [3.05, 3.63) is 182 Å². The van der Waals surface area contributed by atoms with E-state index in [9.17, 15) is 0 Å². The van der Waals surface area contributed by atoms with E-state index in [4.69, 9.17) is 13.8 Å². The van der Waals surface area contributed by atoms with Crippen molar-refractivity contribution in [2.45, 2.75) is 0 Å². The molecule has 240 valence electrons. The lowest BCUT2D eigenvalue weighted by Crippen LogP contribution is -2.11. The lowest BCUT2D eigenvalue weighted by Gasteiger charge is -2.28. The molecule has 51 heavy (non-hydrogen) atoms. The first-order valence-corrected chi connectivity index (χ1v) is 17.1. The first kappa shape index (κ1) is 29.0. The summed E-state index contributed by atoms with van der Waals surface area (Å²) in [5.74, 6) is 0.600. The van der Waals surface area contributed by atoms with Gasteiger partial charge in [-0.05, 0) is 82.1 Å². The summed E-state index contributed by atoms with van der Waals surface area (Å²) in [5, 5.41) is 4.49. The Kier molecular flexibility index (Phi) is 6.78. The molecular formula is C47H30N2O2. The third-order valence-electron chi connectivity index (χ3n) is 9.68. The minimum Gasteiger partial charge on any atom is -0.456 e. The molecule has 0 unspecified atom stereocenters. The number of furan rings is 1. The Bertz CT molecular complexity index is 2850. The van der Waals surface area contributed by atoms with Crippen molar-refractivity contribution in [2.24, 2.45) is 0 Å². The molecule has 0 N–H and O–H groups in total. The molecule has 0 aliphatic rings. The van der Waals surface area contributed by atoms with Crippen molar-refractivity contribution < 1.29 is 8.83 Å². The van der Waals surface area contributed by atoms with E-state index >= 15 is 0 Å². The molecule has 0 bridgehead atoms. The standard InChI is InChI=1S/C47H30N2O2/c1-3-13-32(14-4-1)38-18-9-10-20-42(38)49(37-27-22-31-12-7-8-17-35(31)28-37)36-25-23-33(24-26-36)39-19-11-21-43-46(39)40-29-41-45(30-44(40)50-43)51-47(48-41)34-15-5-2-6-16-34/h1-30H. The zero-order chi connectivity index (χ0) is 33.7. The molecule has 0 aliphatic carbocycles. The van der Waals surface area contributed by atoms with E-state index in [1.165, 1.54) is 21.9 Å². The van der Waals surface area contributed by atoms with E-state index in [0.717, 1.165) is 61.2 Å². The van der Waals surface area contributed by atoms with Gasteiger partial charge in [-0.1, -0.05) is 121 Å². The molecule has 10 aromatic rings. The second-order valence-corrected chi connectivity index (χ2v) is 12.8. The van der Waals surface area contributed by atoms with E-state index in [2.05, 4.69) is 144 Å². The van der Waals surface area contributed by atoms with Crippen molar-refractivity contribution in [3.8, 4) is 33.7 Å². The van der Waals surface area contributed by atoms with Crippen LogP contribution in [0.1, 0.15) is 0 Å². The van der Waals surface area contributed by atoms with Crippen molar-refractivity contribution in [2.75, 3.05) is 4.90 Å². The summed E-state index contributed by atoms with van der Waals surface area (Å²) in [5.41, 5.74) is 11.9. The fraction of sp³-hybridized carbons (Fsp3) is 0. The molecule has 0 fully saturated rings. The lowest BCUT2D eigenvalue weighted by molar-refractivity contribution is 0.617. The molecule has 0 saturated carbocycles. The molecule has 0 amide bonds. The van der Waals surface area contributed by atoms with Crippen LogP contribution in [0.4, 0.5) is 17.1 Å². The number of benzene rings is 8. The summed E-state index contributed by atoms with van der Waals surface area (Å²) in [4.78, 5) is 7.20. The highest BCUT2D eigenvalue weighted by Gasteiger charge is 2.20. The Balaban J connectivity index is 1.10. The minimum absolute atomic E-state index is 0.600. The number of fused-ring (bicyclic) bond motifs is 5. The van der Waals surface area contributed by atoms with Crippen LogP contribution in [0.25, 0.3) is 77.5 Å². The van der Waals surface area contributed by atoms with E-state index < -0.39 is 0 Å². The first-order valence-electron chi connectivity index (χ1n) is 17.1. The van der Waals surface area contributed by atoms with Crippen LogP contribution in [0, 0.1) is 0 Å². The van der Waals surface area contributed by atoms with E-state index in [0.29, 0.717) is 11.5 Å². The average molecular weight is 655 g/mol. The van der Waals surface area contributed by atoms with E-state index in [-0.39, 0.29) is 0 Å². The first-order chi connectivity index (χ1) is 25.3. The van der Waals surface area contributed by atoms with Gasteiger partial charge in [0.05, 0.1) is 5.69 Å². The number of anilines is 3. The van der Waals surface area contributed by atoms with Gasteiger partial charge in [-0.2, -0.15) is 0 Å². The van der Waals surface area contributed by atoms with Crippen LogP contribution in [0.3, 0.4) is 0 Å². The van der Waals surface area contributed by atoms with Gasteiger partial charge < -0.3 is 13.7 Å². The van der Waals surface area contributed by atoms with Gasteiger partial charge in [0.25, 0.3) is 0 Å². The fourth-order valence-electron chi connectivity index (χ4n) is 7.26. The molecular weight excluding hydrogens is 625 g/mol. The third kappa shape index (κ3) is 5.04. The van der Waals surface area contributed by atoms with Gasteiger partial charge in [-0.25, -0.2) is 4.98 Å². The van der Waals surface area contributed by atoms with Crippen LogP contribution in [0.5, 0.6) is 0 Å². The highest BCUT2D eigenvalue weighted by Crippen LogP contribution is 2.43. The predicted octanol–water partition coefficient (Wildman–Crippen LogP) is 13.4. The molecule has 8 aromatic carbocycles. The summed E-state index contributed by atoms with van der Waals surface area (Å²) >= 11 is 0. The van der Waals surface area contributed by atoms with Crippen LogP contribution in [0.2, 0.25) is 0 Å². The molecule has 0 radical (unpaired) electrons. The van der Waals surface area contributed by atoms with Crippen molar-refractivity contribution >= 4 is 60.9 Å². The predicted molar refractivity (Wildman–Crippen MR) is 210 cm³/mol. The maximum absolute atomic E-state index is 6.41. The fourth-order valence-corrected chi connectivity index (χ4v) is 7.26. The Morgan fingerprint density at radius 1 is 0.412 bits per heavy atom. The molecule has 2 aromatic heterocycles. The molecule has 4 nitrogen and oxygen atoms in total. The highest BCUT2D eigenvalue weighted by molar-refractivity contribution is 6.15. The summed E-state index contributed by atoms with van der Waals surface area (Å²) in [6.07, 6.45) is 0. The van der Waals surface area contributed by atoms with Crippen molar-refractivity contribution in [3.63, 3.8) is 0 Å². The summed E-state index contributed by atoms with van der Waals surface area (Å²) in [7, 11) is 0. The van der Waals surface area contributed by atoms with Crippen LogP contribution < -0.4 is 4.90 Å². The number of para-hydroxylation sites is 1. The molecule has 4 heteroatoms. The van der Waals surface area contributed by atoms with Crippen molar-refractivity contribution in [1.29, 1.82) is 0 Å². The van der Waals surface area contributed by atoms with E-state index in [1.807, 2.05) is 42.5 Å². The van der Waals surface area contributed by atoms with E-state index in [1.54, 1.807) is 0 Å². The normalized spacial score (nSPS) is 11.5. The molecule has 0 spiro atoms. The number of hydrogen-bond acceptors (Lipinski definition) is 4. The maximum Gasteiger partial charge on any atom is 0.227 e. The highest BCUT2D eigenvalue weighted by atomic mass is 16.4. The van der Waals surface area contributed by atoms with Crippen LogP contribution in [-0.2, 0) is 0 Å². The Labute approximate surface area is 294 Å². The zero-order valence-corrected chi connectivity index (χ0v) is 27.5. The number of rotatable bonds is 6. The number of nitrogens with zero attached hydrogens (tertiary/aromatic N) is 2. The smallest absolute Gasteiger partial charge is 0.227 e. The number of oxazole rings is 1. The monoisotopic (exact) mass is 654 g/mol. The summed E-state index contributed by atoms with van der Waals surface area (Å²) < 4.78 is 12.6. The lowest BCUT2D eigenvalue weighted by atomic mass is 9.98. The SMILES string of the molecule is c1ccc(-c2nc3cc4c(cc3o2)oc2cccc(-c3ccc(N(c5ccc6ccccc6c5)c5ccccc5-c5ccccc5)cc3)c24)cc1. The summed E-state index contributed by atoms with van der Waals surface area (Å²) in [6, 6.07) is 63.6. The van der Waals surface area contributed by atoms with Gasteiger partial charge >= 0.3 is 0 Å². The third-order valence-corrected chi connectivity index (χ3v) is 9.68. The average Bonchev–Trinajstić information content (AvgIpc) is 3.79. The second-order valence-electron chi connectivity index (χ2n) is 12.8. The number of hydrogen-bond donors (Lipinski definition) is 0. The molecule has 0 saturated heterocycles. The van der Waals surface area contributed by atoms with Crippen LogP contribution >= 0.6 is 0 Å². The van der Waals surface area contributed by atoms with Crippen molar-refractivity contribution in [1.82, 2.24) is 4.98 Å². The topological polar surface area (TPSA) is 42.4 Å². The number of aromatic nitrogens is 1. The van der Waals surface area contributed by atoms with Gasteiger partial charge in [0, 0.05) is 39.3 Å². The second kappa shape index (κ2) is 11.9. The van der Waals surface area contributed by atoms with Gasteiger partial charge in [0.2, 0.25) is 5.89 Å². The molecule has 0 atom stereocenters. The maximum atomic E-state index is 6.41. The Morgan fingerprint density at radius 3 is 1.90 bits per heavy atom. The van der Waals surface area contributed by atoms with Crippen LogP contribution in [-0.4, -0.2) is 4.98 Å². The minimum atomic E-state index is 0.600. The quantitative estimate of drug-likeness (QED) is 0.179. The summed E-state index contributed by atoms with van der Waals surface area (Å²) in [6.45, 7) is 0. The zero-order valence-electron chi connectivity index (χ0n) is 27.5. The van der Waals surface area contributed by atoms with Gasteiger partial charge in [0.15, 0.2) is 5.58 Å². The Hall–Kier alpha value is -6.91. The Morgan fingerprint density at radius 2 is 1.08 bits per heavy atom. The molecule has 0 aliphatic heterocycles. The van der Waals surface area contributed by atoms with Crippen LogP contribution in [0.15, 0.2) is 191 Å². The van der Waals surface area contributed by atoms with Gasteiger partial charge in [-0.15, -0.1) is 0 Å². The molecule has 2 heterocycles. The largest absolute Gasteiger partial charge is 0.456 e. The molecule has 10 rings (SSSR count). The van der Waals surface area contributed by atoms with Gasteiger partial charge in [0.1, 0.15) is 16.7 Å². The van der Waals surface area contributed by atoms with Gasteiger partial charge in [-0.3, -0.25) is 0 Å².